The van der Waals surface area contributed by atoms with E-state index in [2.05, 4.69) is 4.98 Å². The Morgan fingerprint density at radius 1 is 1.57 bits per heavy atom. The Hall–Kier alpha value is -0.490. The summed E-state index contributed by atoms with van der Waals surface area (Å²) in [5.41, 5.74) is 0.704. The van der Waals surface area contributed by atoms with Crippen molar-refractivity contribution in [2.24, 2.45) is 0 Å². The molecule has 1 rings (SSSR count). The van der Waals surface area contributed by atoms with Crippen LogP contribution in [0.15, 0.2) is 11.7 Å². The summed E-state index contributed by atoms with van der Waals surface area (Å²) in [6, 6.07) is 0. The summed E-state index contributed by atoms with van der Waals surface area (Å²) in [6.07, 6.45) is 1.59. The fraction of sp³-hybridized carbons (Fsp3) is 0.667. The highest BCUT2D eigenvalue weighted by Crippen LogP contribution is 2.21. The second kappa shape index (κ2) is 4.84. The topological polar surface area (TPSA) is 51.6 Å². The first kappa shape index (κ1) is 11.6. The van der Waals surface area contributed by atoms with Gasteiger partial charge < -0.3 is 14.6 Å². The van der Waals surface area contributed by atoms with E-state index >= 15 is 0 Å². The molecule has 1 heterocycles. The molecule has 0 aliphatic carbocycles. The van der Waals surface area contributed by atoms with Crippen molar-refractivity contribution in [3.05, 3.63) is 16.6 Å². The van der Waals surface area contributed by atoms with E-state index in [9.17, 15) is 5.11 Å². The minimum atomic E-state index is -1.03. The zero-order valence-corrected chi connectivity index (χ0v) is 9.37. The van der Waals surface area contributed by atoms with Gasteiger partial charge in [-0.2, -0.15) is 0 Å². The van der Waals surface area contributed by atoms with Crippen molar-refractivity contribution in [3.63, 3.8) is 0 Å². The van der Waals surface area contributed by atoms with Crippen LogP contribution in [0.4, 0.5) is 0 Å². The van der Waals surface area contributed by atoms with Crippen molar-refractivity contribution < 1.29 is 14.6 Å². The Bertz CT molecular complexity index is 257. The number of ether oxygens (including phenoxy) is 2. The Balaban J connectivity index is 2.65. The van der Waals surface area contributed by atoms with Gasteiger partial charge in [0.2, 0.25) is 0 Å². The third-order valence-corrected chi connectivity index (χ3v) is 2.73. The van der Waals surface area contributed by atoms with E-state index in [1.54, 1.807) is 18.6 Å². The molecule has 0 bridgehead atoms. The number of aliphatic hydroxyl groups is 1. The predicted octanol–water partition coefficient (Wildman–Crippen LogP) is 1.06. The van der Waals surface area contributed by atoms with Gasteiger partial charge in [0, 0.05) is 31.7 Å². The number of aromatic nitrogens is 1. The lowest BCUT2D eigenvalue weighted by Gasteiger charge is -2.29. The van der Waals surface area contributed by atoms with E-state index in [4.69, 9.17) is 9.47 Å². The summed E-state index contributed by atoms with van der Waals surface area (Å²) < 4.78 is 10.1. The fourth-order valence-electron chi connectivity index (χ4n) is 1.37. The standard InChI is InChI=1S/C9H15NO3S/c1-9(11,8(12-2)13-3)4-7-5-10-6-14-7/h5-6,8,11H,4H2,1-3H3. The zero-order valence-electron chi connectivity index (χ0n) is 8.56. The summed E-state index contributed by atoms with van der Waals surface area (Å²) in [6.45, 7) is 1.68. The highest BCUT2D eigenvalue weighted by Gasteiger charge is 2.32. The zero-order chi connectivity index (χ0) is 10.6. The normalized spacial score (nSPS) is 15.8. The van der Waals surface area contributed by atoms with Gasteiger partial charge >= 0.3 is 0 Å². The van der Waals surface area contributed by atoms with Crippen LogP contribution in [0, 0.1) is 0 Å². The van der Waals surface area contributed by atoms with Crippen LogP contribution in [-0.4, -0.2) is 36.2 Å². The third kappa shape index (κ3) is 2.75. The molecule has 1 aromatic rings. The molecular formula is C9H15NO3S. The van der Waals surface area contributed by atoms with Crippen LogP contribution in [0.1, 0.15) is 11.8 Å². The van der Waals surface area contributed by atoms with E-state index in [-0.39, 0.29) is 0 Å². The maximum Gasteiger partial charge on any atom is 0.185 e. The summed E-state index contributed by atoms with van der Waals surface area (Å²) >= 11 is 1.51. The number of hydrogen-bond acceptors (Lipinski definition) is 5. The summed E-state index contributed by atoms with van der Waals surface area (Å²) in [5.74, 6) is 0. The van der Waals surface area contributed by atoms with Crippen molar-refractivity contribution in [2.75, 3.05) is 14.2 Å². The van der Waals surface area contributed by atoms with Gasteiger partial charge in [0.05, 0.1) is 5.51 Å². The van der Waals surface area contributed by atoms with Gasteiger partial charge in [-0.25, -0.2) is 0 Å². The average Bonchev–Trinajstić information content (AvgIpc) is 2.57. The lowest BCUT2D eigenvalue weighted by Crippen LogP contribution is -2.43. The maximum absolute atomic E-state index is 10.1. The highest BCUT2D eigenvalue weighted by molar-refractivity contribution is 7.09. The third-order valence-electron chi connectivity index (χ3n) is 1.95. The minimum absolute atomic E-state index is 0.476. The van der Waals surface area contributed by atoms with Gasteiger partial charge in [-0.05, 0) is 6.92 Å². The van der Waals surface area contributed by atoms with Crippen LogP contribution in [0.2, 0.25) is 0 Å². The molecule has 4 nitrogen and oxygen atoms in total. The predicted molar refractivity (Wildman–Crippen MR) is 54.2 cm³/mol. The largest absolute Gasteiger partial charge is 0.384 e. The number of rotatable bonds is 5. The number of nitrogens with zero attached hydrogens (tertiary/aromatic N) is 1. The van der Waals surface area contributed by atoms with Gasteiger partial charge in [0.25, 0.3) is 0 Å². The molecule has 1 atom stereocenters. The van der Waals surface area contributed by atoms with E-state index in [0.29, 0.717) is 6.42 Å². The fourth-order valence-corrected chi connectivity index (χ4v) is 2.12. The van der Waals surface area contributed by atoms with E-state index in [1.807, 2.05) is 0 Å². The molecule has 1 unspecified atom stereocenters. The first-order chi connectivity index (χ1) is 6.60. The lowest BCUT2D eigenvalue weighted by atomic mass is 10.0. The molecular weight excluding hydrogens is 202 g/mol. The Morgan fingerprint density at radius 3 is 2.64 bits per heavy atom. The number of hydrogen-bond donors (Lipinski definition) is 1. The van der Waals surface area contributed by atoms with Gasteiger partial charge in [0.1, 0.15) is 5.60 Å². The highest BCUT2D eigenvalue weighted by atomic mass is 32.1. The van der Waals surface area contributed by atoms with Gasteiger partial charge in [-0.1, -0.05) is 0 Å². The van der Waals surface area contributed by atoms with E-state index < -0.39 is 11.9 Å². The maximum atomic E-state index is 10.1. The second-order valence-corrected chi connectivity index (χ2v) is 4.28. The van der Waals surface area contributed by atoms with Gasteiger partial charge in [-0.3, -0.25) is 4.98 Å². The second-order valence-electron chi connectivity index (χ2n) is 3.31. The van der Waals surface area contributed by atoms with Crippen molar-refractivity contribution in [1.82, 2.24) is 4.98 Å². The molecule has 0 radical (unpaired) electrons. The summed E-state index contributed by atoms with van der Waals surface area (Å²) in [5, 5.41) is 10.1. The van der Waals surface area contributed by atoms with Crippen molar-refractivity contribution in [3.8, 4) is 0 Å². The summed E-state index contributed by atoms with van der Waals surface area (Å²) in [7, 11) is 3.02. The van der Waals surface area contributed by atoms with Crippen LogP contribution in [0.25, 0.3) is 0 Å². The molecule has 0 amide bonds. The molecule has 0 aliphatic heterocycles. The molecule has 5 heteroatoms. The number of thiazole rings is 1. The minimum Gasteiger partial charge on any atom is -0.384 e. The lowest BCUT2D eigenvalue weighted by molar-refractivity contribution is -0.207. The van der Waals surface area contributed by atoms with Crippen molar-refractivity contribution in [1.29, 1.82) is 0 Å². The Kier molecular flexibility index (Phi) is 4.00. The first-order valence-electron chi connectivity index (χ1n) is 4.25. The molecule has 0 saturated carbocycles. The van der Waals surface area contributed by atoms with Crippen LogP contribution in [-0.2, 0) is 15.9 Å². The Labute approximate surface area is 87.5 Å². The van der Waals surface area contributed by atoms with Crippen molar-refractivity contribution >= 4 is 11.3 Å². The van der Waals surface area contributed by atoms with Crippen LogP contribution in [0.3, 0.4) is 0 Å². The van der Waals surface area contributed by atoms with E-state index in [0.717, 1.165) is 4.88 Å². The quantitative estimate of drug-likeness (QED) is 0.749. The van der Waals surface area contributed by atoms with Gasteiger partial charge in [-0.15, -0.1) is 11.3 Å². The molecule has 0 aromatic carbocycles. The molecule has 14 heavy (non-hydrogen) atoms. The van der Waals surface area contributed by atoms with E-state index in [1.165, 1.54) is 25.6 Å². The Morgan fingerprint density at radius 2 is 2.21 bits per heavy atom. The molecule has 0 aliphatic rings. The smallest absolute Gasteiger partial charge is 0.185 e. The van der Waals surface area contributed by atoms with Crippen LogP contribution >= 0.6 is 11.3 Å². The monoisotopic (exact) mass is 217 g/mol. The molecule has 0 spiro atoms. The SMILES string of the molecule is COC(OC)C(C)(O)Cc1cncs1. The summed E-state index contributed by atoms with van der Waals surface area (Å²) in [4.78, 5) is 4.95. The molecule has 0 fully saturated rings. The molecule has 0 saturated heterocycles. The van der Waals surface area contributed by atoms with Crippen LogP contribution in [0.5, 0.6) is 0 Å². The van der Waals surface area contributed by atoms with Gasteiger partial charge in [0.15, 0.2) is 6.29 Å². The average molecular weight is 217 g/mol. The number of methoxy groups -OCH3 is 2. The molecule has 1 aromatic heterocycles. The van der Waals surface area contributed by atoms with Crippen LogP contribution < -0.4 is 0 Å². The molecule has 80 valence electrons. The first-order valence-corrected chi connectivity index (χ1v) is 5.13. The molecule has 1 N–H and O–H groups in total. The van der Waals surface area contributed by atoms with Crippen molar-refractivity contribution in [2.45, 2.75) is 25.2 Å².